The van der Waals surface area contributed by atoms with E-state index >= 15 is 0 Å². The van der Waals surface area contributed by atoms with Gasteiger partial charge in [0, 0.05) is 10.9 Å². The number of thioether (sulfide) groups is 1. The Hall–Kier alpha value is -2.64. The number of nitrogens with zero attached hydrogens (tertiary/aromatic N) is 4. The molecule has 0 unspecified atom stereocenters. The predicted octanol–water partition coefficient (Wildman–Crippen LogP) is 4.33. The second-order valence-corrected chi connectivity index (χ2v) is 8.12. The average Bonchev–Trinajstić information content (AvgIpc) is 3.46. The molecule has 0 bridgehead atoms. The molecule has 140 valence electrons. The van der Waals surface area contributed by atoms with Gasteiger partial charge in [0.25, 0.3) is 5.56 Å². The van der Waals surface area contributed by atoms with Crippen LogP contribution in [0.2, 0.25) is 5.02 Å². The highest BCUT2D eigenvalue weighted by Gasteiger charge is 2.30. The molecule has 0 amide bonds. The summed E-state index contributed by atoms with van der Waals surface area (Å²) < 4.78 is 1.93. The maximum Gasteiger partial charge on any atom is 0.258 e. The monoisotopic (exact) mass is 409 g/mol. The summed E-state index contributed by atoms with van der Waals surface area (Å²) in [6.07, 6.45) is 2.30. The zero-order chi connectivity index (χ0) is 19.1. The van der Waals surface area contributed by atoms with Gasteiger partial charge in [-0.15, -0.1) is 5.10 Å². The molecule has 1 fully saturated rings. The minimum absolute atomic E-state index is 0.168. The van der Waals surface area contributed by atoms with Gasteiger partial charge in [-0.1, -0.05) is 41.6 Å². The van der Waals surface area contributed by atoms with Gasteiger partial charge in [-0.25, -0.2) is 14.6 Å². The first-order valence-electron chi connectivity index (χ1n) is 9.01. The number of nitrogens with one attached hydrogen (secondary N) is 1. The van der Waals surface area contributed by atoms with Crippen LogP contribution in [-0.2, 0) is 5.75 Å². The van der Waals surface area contributed by atoms with Crippen molar-refractivity contribution in [2.45, 2.75) is 29.7 Å². The number of benzene rings is 2. The number of aromatic amines is 1. The molecule has 5 rings (SSSR count). The third kappa shape index (κ3) is 3.43. The van der Waals surface area contributed by atoms with Gasteiger partial charge in [0.15, 0.2) is 0 Å². The molecule has 0 aliphatic heterocycles. The number of halogens is 1. The number of aromatic nitrogens is 5. The topological polar surface area (TPSA) is 76.5 Å². The lowest BCUT2D eigenvalue weighted by atomic mass is 10.2. The van der Waals surface area contributed by atoms with Crippen LogP contribution in [-0.4, -0.2) is 24.7 Å². The maximum absolute atomic E-state index is 12.3. The minimum Gasteiger partial charge on any atom is -0.309 e. The number of fused-ring (bicyclic) bond motifs is 1. The first-order chi connectivity index (χ1) is 13.7. The van der Waals surface area contributed by atoms with Crippen molar-refractivity contribution in [3.05, 3.63) is 75.6 Å². The number of para-hydroxylation sites is 1. The highest BCUT2D eigenvalue weighted by atomic mass is 35.5. The van der Waals surface area contributed by atoms with E-state index in [0.29, 0.717) is 38.6 Å². The number of hydrogen-bond donors (Lipinski definition) is 1. The van der Waals surface area contributed by atoms with Crippen LogP contribution in [0.3, 0.4) is 0 Å². The average molecular weight is 410 g/mol. The molecule has 2 aromatic heterocycles. The summed E-state index contributed by atoms with van der Waals surface area (Å²) in [7, 11) is 0. The van der Waals surface area contributed by atoms with Crippen molar-refractivity contribution in [2.24, 2.45) is 0 Å². The van der Waals surface area contributed by atoms with Gasteiger partial charge in [0.05, 0.1) is 22.3 Å². The molecular weight excluding hydrogens is 394 g/mol. The molecule has 2 aromatic carbocycles. The van der Waals surface area contributed by atoms with Crippen LogP contribution in [0.1, 0.15) is 30.4 Å². The van der Waals surface area contributed by atoms with E-state index in [1.165, 1.54) is 11.8 Å². The molecule has 8 heteroatoms. The number of rotatable bonds is 5. The fraction of sp³-hybridized carbons (Fsp3) is 0.200. The van der Waals surface area contributed by atoms with Crippen LogP contribution in [0.5, 0.6) is 0 Å². The molecule has 2 heterocycles. The third-order valence-corrected chi connectivity index (χ3v) is 5.70. The summed E-state index contributed by atoms with van der Waals surface area (Å²) in [5.74, 6) is 2.53. The van der Waals surface area contributed by atoms with Gasteiger partial charge in [0.2, 0.25) is 5.16 Å². The molecule has 6 nitrogen and oxygen atoms in total. The van der Waals surface area contributed by atoms with Crippen LogP contribution in [0.15, 0.2) is 58.5 Å². The normalized spacial score (nSPS) is 13.9. The molecule has 1 aliphatic rings. The maximum atomic E-state index is 12.3. The Bertz CT molecular complexity index is 1220. The predicted molar refractivity (Wildman–Crippen MR) is 110 cm³/mol. The first-order valence-corrected chi connectivity index (χ1v) is 10.4. The summed E-state index contributed by atoms with van der Waals surface area (Å²) in [5, 5.41) is 6.45. The number of H-pyrrole nitrogens is 1. The van der Waals surface area contributed by atoms with E-state index in [0.717, 1.165) is 24.4 Å². The van der Waals surface area contributed by atoms with Crippen molar-refractivity contribution >= 4 is 34.3 Å². The van der Waals surface area contributed by atoms with Gasteiger partial charge in [0.1, 0.15) is 11.6 Å². The van der Waals surface area contributed by atoms with Crippen molar-refractivity contribution in [3.8, 4) is 5.69 Å². The highest BCUT2D eigenvalue weighted by Crippen LogP contribution is 2.40. The Morgan fingerprint density at radius 3 is 2.75 bits per heavy atom. The van der Waals surface area contributed by atoms with Crippen LogP contribution in [0.25, 0.3) is 16.6 Å². The fourth-order valence-corrected chi connectivity index (χ4v) is 3.96. The second kappa shape index (κ2) is 7.07. The largest absolute Gasteiger partial charge is 0.309 e. The lowest BCUT2D eigenvalue weighted by Gasteiger charge is -2.03. The standard InChI is InChI=1S/C20H16ClN5OS/c21-13-8-9-15-16(10-13)22-17(23-19(15)27)11-28-20-24-18(12-6-7-12)26(25-20)14-4-2-1-3-5-14/h1-5,8-10,12H,6-7,11H2,(H,22,23,27). The van der Waals surface area contributed by atoms with Gasteiger partial charge < -0.3 is 4.98 Å². The Labute approximate surface area is 170 Å². The van der Waals surface area contributed by atoms with Crippen LogP contribution >= 0.6 is 23.4 Å². The van der Waals surface area contributed by atoms with Crippen LogP contribution in [0.4, 0.5) is 0 Å². The lowest BCUT2D eigenvalue weighted by Crippen LogP contribution is -2.11. The van der Waals surface area contributed by atoms with Crippen LogP contribution in [0, 0.1) is 0 Å². The lowest BCUT2D eigenvalue weighted by molar-refractivity contribution is 0.782. The van der Waals surface area contributed by atoms with Crippen molar-refractivity contribution in [1.29, 1.82) is 0 Å². The quantitative estimate of drug-likeness (QED) is 0.496. The van der Waals surface area contributed by atoms with Crippen molar-refractivity contribution < 1.29 is 0 Å². The molecule has 0 radical (unpaired) electrons. The summed E-state index contributed by atoms with van der Waals surface area (Å²) in [6.45, 7) is 0. The van der Waals surface area contributed by atoms with Gasteiger partial charge in [-0.3, -0.25) is 4.79 Å². The third-order valence-electron chi connectivity index (χ3n) is 4.61. The zero-order valence-corrected chi connectivity index (χ0v) is 16.4. The minimum atomic E-state index is -0.168. The smallest absolute Gasteiger partial charge is 0.258 e. The first kappa shape index (κ1) is 17.5. The van der Waals surface area contributed by atoms with E-state index in [9.17, 15) is 4.79 Å². The summed E-state index contributed by atoms with van der Waals surface area (Å²) >= 11 is 7.49. The van der Waals surface area contributed by atoms with Gasteiger partial charge >= 0.3 is 0 Å². The van der Waals surface area contributed by atoms with Crippen LogP contribution < -0.4 is 5.56 Å². The summed E-state index contributed by atoms with van der Waals surface area (Å²) in [4.78, 5) is 24.4. The molecule has 1 N–H and O–H groups in total. The molecule has 0 saturated heterocycles. The Kier molecular flexibility index (Phi) is 4.41. The Morgan fingerprint density at radius 1 is 1.14 bits per heavy atom. The van der Waals surface area contributed by atoms with Gasteiger partial charge in [-0.2, -0.15) is 0 Å². The van der Waals surface area contributed by atoms with E-state index in [4.69, 9.17) is 16.6 Å². The SMILES string of the molecule is O=c1[nH]c(CSc2nc(C3CC3)n(-c3ccccc3)n2)nc2cc(Cl)ccc12. The fourth-order valence-electron chi connectivity index (χ4n) is 3.09. The van der Waals surface area contributed by atoms with E-state index < -0.39 is 0 Å². The summed E-state index contributed by atoms with van der Waals surface area (Å²) in [5.41, 5.74) is 1.43. The van der Waals surface area contributed by atoms with Crippen molar-refractivity contribution in [2.75, 3.05) is 0 Å². The van der Waals surface area contributed by atoms with Crippen molar-refractivity contribution in [3.63, 3.8) is 0 Å². The van der Waals surface area contributed by atoms with E-state index in [1.807, 2.05) is 35.0 Å². The molecular formula is C20H16ClN5OS. The molecule has 1 aliphatic carbocycles. The molecule has 4 aromatic rings. The Morgan fingerprint density at radius 2 is 1.96 bits per heavy atom. The van der Waals surface area contributed by atoms with Crippen molar-refractivity contribution in [1.82, 2.24) is 24.7 Å². The summed E-state index contributed by atoms with van der Waals surface area (Å²) in [6, 6.07) is 15.1. The van der Waals surface area contributed by atoms with E-state index in [2.05, 4.69) is 15.1 Å². The second-order valence-electron chi connectivity index (χ2n) is 6.74. The zero-order valence-electron chi connectivity index (χ0n) is 14.8. The Balaban J connectivity index is 1.43. The van der Waals surface area contributed by atoms with E-state index in [-0.39, 0.29) is 5.56 Å². The highest BCUT2D eigenvalue weighted by molar-refractivity contribution is 7.98. The van der Waals surface area contributed by atoms with E-state index in [1.54, 1.807) is 18.2 Å². The number of hydrogen-bond acceptors (Lipinski definition) is 5. The molecule has 0 spiro atoms. The molecule has 28 heavy (non-hydrogen) atoms. The molecule has 0 atom stereocenters. The van der Waals surface area contributed by atoms with Gasteiger partial charge in [-0.05, 0) is 43.2 Å². The molecule has 1 saturated carbocycles.